The van der Waals surface area contributed by atoms with Gasteiger partial charge in [0.2, 0.25) is 0 Å². The first-order chi connectivity index (χ1) is 20.6. The molecule has 0 saturated carbocycles. The van der Waals surface area contributed by atoms with Gasteiger partial charge in [0.25, 0.3) is 0 Å². The van der Waals surface area contributed by atoms with Crippen LogP contribution < -0.4 is 0 Å². The van der Waals surface area contributed by atoms with E-state index in [2.05, 4.69) is 57.2 Å². The number of unbranched alkanes of at least 4 members (excludes halogenated alkanes) is 14. The lowest BCUT2D eigenvalue weighted by Gasteiger charge is -2.18. The lowest BCUT2D eigenvalue weighted by atomic mass is 10.1. The number of carbonyl (C=O) groups excluding carboxylic acids is 2. The Morgan fingerprint density at radius 2 is 1.07 bits per heavy atom. The molecule has 1 unspecified atom stereocenters. The monoisotopic (exact) mass is 590 g/mol. The summed E-state index contributed by atoms with van der Waals surface area (Å²) in [6, 6.07) is 0. The predicted molar refractivity (Wildman–Crippen MR) is 178 cm³/mol. The molecule has 0 fully saturated rings. The maximum atomic E-state index is 12.4. The molecule has 0 aliphatic heterocycles. The molecule has 42 heavy (non-hydrogen) atoms. The fourth-order valence-electron chi connectivity index (χ4n) is 4.58. The van der Waals surface area contributed by atoms with Crippen LogP contribution in [0, 0.1) is 0 Å². The van der Waals surface area contributed by atoms with Crippen molar-refractivity contribution in [2.75, 3.05) is 19.8 Å². The maximum absolute atomic E-state index is 12.4. The lowest BCUT2D eigenvalue weighted by molar-refractivity contribution is -0.163. The highest BCUT2D eigenvalue weighted by Gasteiger charge is 2.17. The van der Waals surface area contributed by atoms with Crippen molar-refractivity contribution in [1.82, 2.24) is 0 Å². The SMILES string of the molecule is CC/C=C\C/C=C\C/C=C\CCCCCCOCC(COC(=O)CCCCCCCCC)OC(=O)CCCCCCC. The highest BCUT2D eigenvalue weighted by Crippen LogP contribution is 2.11. The van der Waals surface area contributed by atoms with Crippen LogP contribution in [0.5, 0.6) is 0 Å². The van der Waals surface area contributed by atoms with Crippen LogP contribution in [-0.4, -0.2) is 37.9 Å². The van der Waals surface area contributed by atoms with E-state index in [1.54, 1.807) is 0 Å². The zero-order chi connectivity index (χ0) is 30.8. The van der Waals surface area contributed by atoms with E-state index in [-0.39, 0.29) is 25.2 Å². The van der Waals surface area contributed by atoms with Gasteiger partial charge in [0, 0.05) is 19.4 Å². The van der Waals surface area contributed by atoms with Crippen molar-refractivity contribution in [2.45, 2.75) is 168 Å². The van der Waals surface area contributed by atoms with Gasteiger partial charge in [-0.25, -0.2) is 0 Å². The summed E-state index contributed by atoms with van der Waals surface area (Å²) in [4.78, 5) is 24.6. The summed E-state index contributed by atoms with van der Waals surface area (Å²) in [5.41, 5.74) is 0. The Hall–Kier alpha value is -1.88. The van der Waals surface area contributed by atoms with E-state index in [1.165, 1.54) is 57.8 Å². The van der Waals surface area contributed by atoms with Gasteiger partial charge in [0.05, 0.1) is 6.61 Å². The molecule has 0 amide bonds. The summed E-state index contributed by atoms with van der Waals surface area (Å²) in [6.45, 7) is 7.53. The van der Waals surface area contributed by atoms with Crippen LogP contribution in [0.3, 0.4) is 0 Å². The van der Waals surface area contributed by atoms with E-state index < -0.39 is 6.10 Å². The third-order valence-electron chi connectivity index (χ3n) is 7.19. The molecular weight excluding hydrogens is 524 g/mol. The van der Waals surface area contributed by atoms with Gasteiger partial charge in [-0.15, -0.1) is 0 Å². The Morgan fingerprint density at radius 3 is 1.71 bits per heavy atom. The van der Waals surface area contributed by atoms with Crippen molar-refractivity contribution in [3.05, 3.63) is 36.5 Å². The standard InChI is InChI=1S/C37H66O5/c1-4-7-10-13-15-16-17-18-19-20-21-23-26-29-32-40-33-35(42-37(39)31-28-24-12-9-6-3)34-41-36(38)30-27-25-22-14-11-8-5-2/h7,10,15-16,18-19,35H,4-6,8-9,11-14,17,20-34H2,1-3H3/b10-7-,16-15-,19-18-. The van der Waals surface area contributed by atoms with Crippen LogP contribution in [0.2, 0.25) is 0 Å². The Bertz CT molecular complexity index is 682. The minimum absolute atomic E-state index is 0.0773. The molecule has 244 valence electrons. The summed E-state index contributed by atoms with van der Waals surface area (Å²) in [6.07, 6.45) is 35.9. The van der Waals surface area contributed by atoms with Crippen LogP contribution in [-0.2, 0) is 23.8 Å². The Balaban J connectivity index is 4.16. The molecule has 0 radical (unpaired) electrons. The largest absolute Gasteiger partial charge is 0.462 e. The number of allylic oxidation sites excluding steroid dienone is 6. The van der Waals surface area contributed by atoms with Gasteiger partial charge in [-0.1, -0.05) is 134 Å². The van der Waals surface area contributed by atoms with E-state index in [0.29, 0.717) is 19.4 Å². The molecule has 5 nitrogen and oxygen atoms in total. The summed E-state index contributed by atoms with van der Waals surface area (Å²) in [5, 5.41) is 0. The van der Waals surface area contributed by atoms with E-state index in [9.17, 15) is 9.59 Å². The smallest absolute Gasteiger partial charge is 0.306 e. The number of esters is 2. The topological polar surface area (TPSA) is 61.8 Å². The molecule has 0 aromatic carbocycles. The predicted octanol–water partition coefficient (Wildman–Crippen LogP) is 10.8. The van der Waals surface area contributed by atoms with Gasteiger partial charge in [-0.05, 0) is 51.4 Å². The maximum Gasteiger partial charge on any atom is 0.306 e. The van der Waals surface area contributed by atoms with Crippen LogP contribution in [0.15, 0.2) is 36.5 Å². The third-order valence-corrected chi connectivity index (χ3v) is 7.19. The summed E-state index contributed by atoms with van der Waals surface area (Å²) < 4.78 is 17.0. The second-order valence-electron chi connectivity index (χ2n) is 11.4. The van der Waals surface area contributed by atoms with Crippen LogP contribution >= 0.6 is 0 Å². The second-order valence-corrected chi connectivity index (χ2v) is 11.4. The van der Waals surface area contributed by atoms with Gasteiger partial charge < -0.3 is 14.2 Å². The Labute approximate surface area is 259 Å². The van der Waals surface area contributed by atoms with Gasteiger partial charge in [0.1, 0.15) is 6.61 Å². The number of hydrogen-bond acceptors (Lipinski definition) is 5. The molecule has 0 heterocycles. The summed E-state index contributed by atoms with van der Waals surface area (Å²) in [7, 11) is 0. The first-order valence-electron chi connectivity index (χ1n) is 17.5. The van der Waals surface area contributed by atoms with Crippen molar-refractivity contribution in [2.24, 2.45) is 0 Å². The first-order valence-corrected chi connectivity index (χ1v) is 17.5. The summed E-state index contributed by atoms with van der Waals surface area (Å²) >= 11 is 0. The van der Waals surface area contributed by atoms with Crippen molar-refractivity contribution < 1.29 is 23.8 Å². The van der Waals surface area contributed by atoms with E-state index in [1.807, 2.05) is 0 Å². The fraction of sp³-hybridized carbons (Fsp3) is 0.784. The van der Waals surface area contributed by atoms with E-state index >= 15 is 0 Å². The quantitative estimate of drug-likeness (QED) is 0.0456. The van der Waals surface area contributed by atoms with Crippen LogP contribution in [0.1, 0.15) is 162 Å². The van der Waals surface area contributed by atoms with Gasteiger partial charge in [-0.2, -0.15) is 0 Å². The molecular formula is C37H66O5. The number of carbonyl (C=O) groups is 2. The normalized spacial score (nSPS) is 12.5. The van der Waals surface area contributed by atoms with E-state index in [4.69, 9.17) is 14.2 Å². The third kappa shape index (κ3) is 31.1. The average Bonchev–Trinajstić information content (AvgIpc) is 2.99. The molecule has 0 aromatic heterocycles. The molecule has 1 atom stereocenters. The highest BCUT2D eigenvalue weighted by atomic mass is 16.6. The van der Waals surface area contributed by atoms with Crippen LogP contribution in [0.25, 0.3) is 0 Å². The number of ether oxygens (including phenoxy) is 3. The number of hydrogen-bond donors (Lipinski definition) is 0. The minimum Gasteiger partial charge on any atom is -0.462 e. The molecule has 0 aromatic rings. The average molecular weight is 591 g/mol. The van der Waals surface area contributed by atoms with Gasteiger partial charge in [-0.3, -0.25) is 9.59 Å². The second kappa shape index (κ2) is 33.6. The molecule has 5 heteroatoms. The lowest BCUT2D eigenvalue weighted by Crippen LogP contribution is -2.30. The van der Waals surface area contributed by atoms with Crippen molar-refractivity contribution in [3.8, 4) is 0 Å². The first kappa shape index (κ1) is 40.1. The molecule has 0 rings (SSSR count). The summed E-state index contributed by atoms with van der Waals surface area (Å²) in [5.74, 6) is -0.432. The highest BCUT2D eigenvalue weighted by molar-refractivity contribution is 5.70. The minimum atomic E-state index is -0.534. The van der Waals surface area contributed by atoms with Gasteiger partial charge >= 0.3 is 11.9 Å². The molecule has 0 spiro atoms. The van der Waals surface area contributed by atoms with Crippen molar-refractivity contribution in [1.29, 1.82) is 0 Å². The zero-order valence-electron chi connectivity index (χ0n) is 27.8. The fourth-order valence-corrected chi connectivity index (χ4v) is 4.58. The Morgan fingerprint density at radius 1 is 0.548 bits per heavy atom. The Kier molecular flexibility index (Phi) is 32.1. The molecule has 0 bridgehead atoms. The zero-order valence-corrected chi connectivity index (χ0v) is 27.8. The molecule has 0 N–H and O–H groups in total. The van der Waals surface area contributed by atoms with Crippen molar-refractivity contribution >= 4 is 11.9 Å². The number of rotatable bonds is 31. The van der Waals surface area contributed by atoms with Crippen LogP contribution in [0.4, 0.5) is 0 Å². The van der Waals surface area contributed by atoms with Crippen molar-refractivity contribution in [3.63, 3.8) is 0 Å². The van der Waals surface area contributed by atoms with E-state index in [0.717, 1.165) is 70.6 Å². The molecule has 0 aliphatic rings. The molecule has 0 saturated heterocycles. The molecule has 0 aliphatic carbocycles. The van der Waals surface area contributed by atoms with Gasteiger partial charge in [0.15, 0.2) is 6.10 Å².